The van der Waals surface area contributed by atoms with E-state index in [2.05, 4.69) is 21.2 Å². The van der Waals surface area contributed by atoms with Crippen molar-refractivity contribution in [1.82, 2.24) is 5.32 Å². The molecule has 0 amide bonds. The molecule has 0 aromatic heterocycles. The molecule has 0 spiro atoms. The number of hydrogen-bond acceptors (Lipinski definition) is 2. The Balaban J connectivity index is 2.32. The maximum absolute atomic E-state index is 8.14. The molecule has 0 fully saturated rings. The van der Waals surface area contributed by atoms with E-state index < -0.39 is 0 Å². The lowest BCUT2D eigenvalue weighted by Gasteiger charge is -2.08. The molecule has 19 heavy (non-hydrogen) atoms. The molecule has 0 atom stereocenters. The molecule has 2 N–H and O–H groups in total. The zero-order valence-electron chi connectivity index (χ0n) is 10.7. The van der Waals surface area contributed by atoms with Crippen molar-refractivity contribution >= 4 is 27.3 Å². The molecular weight excluding hydrogens is 300 g/mol. The lowest BCUT2D eigenvalue weighted by Crippen LogP contribution is -2.07. The van der Waals surface area contributed by atoms with Crippen molar-refractivity contribution in [2.45, 2.75) is 0 Å². The summed E-state index contributed by atoms with van der Waals surface area (Å²) in [6.07, 6.45) is 1.84. The summed E-state index contributed by atoms with van der Waals surface area (Å²) in [4.78, 5) is 0. The normalized spacial score (nSPS) is 11.2. The van der Waals surface area contributed by atoms with Gasteiger partial charge in [-0.05, 0) is 29.3 Å². The van der Waals surface area contributed by atoms with Gasteiger partial charge < -0.3 is 10.7 Å². The van der Waals surface area contributed by atoms with Gasteiger partial charge in [-0.15, -0.1) is 0 Å². The molecule has 2 aromatic carbocycles. The molecule has 3 heteroatoms. The van der Waals surface area contributed by atoms with Crippen molar-refractivity contribution in [2.24, 2.45) is 0 Å². The van der Waals surface area contributed by atoms with Crippen molar-refractivity contribution in [3.05, 3.63) is 76.3 Å². The van der Waals surface area contributed by atoms with Gasteiger partial charge in [0.25, 0.3) is 0 Å². The second-order valence-electron chi connectivity index (χ2n) is 4.10. The summed E-state index contributed by atoms with van der Waals surface area (Å²) < 4.78 is 1.03. The lowest BCUT2D eigenvalue weighted by molar-refractivity contribution is 1.13. The van der Waals surface area contributed by atoms with Crippen LogP contribution in [0.4, 0.5) is 0 Å². The number of nitrogens with one attached hydrogen (secondary N) is 2. The van der Waals surface area contributed by atoms with Gasteiger partial charge in [0.15, 0.2) is 0 Å². The van der Waals surface area contributed by atoms with Crippen molar-refractivity contribution in [1.29, 1.82) is 5.41 Å². The first-order valence-electron chi connectivity index (χ1n) is 6.00. The minimum Gasteiger partial charge on any atom is -0.388 e. The van der Waals surface area contributed by atoms with Crippen LogP contribution in [0.1, 0.15) is 11.1 Å². The molecule has 0 aliphatic heterocycles. The fourth-order valence-electron chi connectivity index (χ4n) is 1.80. The molecule has 0 aliphatic rings. The van der Waals surface area contributed by atoms with E-state index in [1.54, 1.807) is 0 Å². The SMILES string of the molecule is CN/C(=C\C(=N)c1ccccc1)c1cccc(Br)c1. The van der Waals surface area contributed by atoms with Crippen molar-refractivity contribution in [3.63, 3.8) is 0 Å². The summed E-state index contributed by atoms with van der Waals surface area (Å²) >= 11 is 3.46. The van der Waals surface area contributed by atoms with E-state index in [9.17, 15) is 0 Å². The topological polar surface area (TPSA) is 35.9 Å². The quantitative estimate of drug-likeness (QED) is 0.820. The van der Waals surface area contributed by atoms with E-state index in [1.165, 1.54) is 0 Å². The molecule has 0 aliphatic carbocycles. The summed E-state index contributed by atoms with van der Waals surface area (Å²) in [5, 5.41) is 11.3. The Kier molecular flexibility index (Phi) is 4.53. The van der Waals surface area contributed by atoms with Crippen LogP contribution in [0, 0.1) is 5.41 Å². The summed E-state index contributed by atoms with van der Waals surface area (Å²) in [6.45, 7) is 0. The highest BCUT2D eigenvalue weighted by Gasteiger charge is 2.03. The molecule has 0 bridgehead atoms. The molecule has 0 radical (unpaired) electrons. The van der Waals surface area contributed by atoms with Gasteiger partial charge in [-0.3, -0.25) is 0 Å². The van der Waals surface area contributed by atoms with Gasteiger partial charge in [-0.1, -0.05) is 58.4 Å². The van der Waals surface area contributed by atoms with Gasteiger partial charge in [0.05, 0.1) is 5.71 Å². The molecule has 0 unspecified atom stereocenters. The van der Waals surface area contributed by atoms with Crippen LogP contribution in [-0.2, 0) is 0 Å². The molecule has 2 rings (SSSR count). The van der Waals surface area contributed by atoms with Crippen LogP contribution < -0.4 is 5.32 Å². The molecule has 0 saturated heterocycles. The molecular formula is C16H15BrN2. The first kappa shape index (κ1) is 13.6. The second-order valence-corrected chi connectivity index (χ2v) is 5.01. The van der Waals surface area contributed by atoms with E-state index in [-0.39, 0.29) is 0 Å². The highest BCUT2D eigenvalue weighted by molar-refractivity contribution is 9.10. The van der Waals surface area contributed by atoms with Gasteiger partial charge >= 0.3 is 0 Å². The van der Waals surface area contributed by atoms with E-state index in [0.717, 1.165) is 21.3 Å². The van der Waals surface area contributed by atoms with Gasteiger partial charge in [0, 0.05) is 17.2 Å². The van der Waals surface area contributed by atoms with Crippen LogP contribution in [-0.4, -0.2) is 12.8 Å². The van der Waals surface area contributed by atoms with Crippen LogP contribution in [0.25, 0.3) is 5.70 Å². The first-order chi connectivity index (χ1) is 9.20. The molecule has 0 heterocycles. The minimum absolute atomic E-state index is 0.491. The zero-order valence-corrected chi connectivity index (χ0v) is 12.2. The summed E-state index contributed by atoms with van der Waals surface area (Å²) in [7, 11) is 1.87. The Labute approximate surface area is 121 Å². The average Bonchev–Trinajstić information content (AvgIpc) is 2.45. The number of benzene rings is 2. The van der Waals surface area contributed by atoms with Gasteiger partial charge in [0.2, 0.25) is 0 Å². The Morgan fingerprint density at radius 2 is 1.74 bits per heavy atom. The number of halogens is 1. The largest absolute Gasteiger partial charge is 0.388 e. The third-order valence-electron chi connectivity index (χ3n) is 2.78. The van der Waals surface area contributed by atoms with Crippen LogP contribution in [0.2, 0.25) is 0 Å². The molecule has 96 valence electrons. The fraction of sp³-hybridized carbons (Fsp3) is 0.0625. The molecule has 0 saturated carbocycles. The second kappa shape index (κ2) is 6.34. The predicted octanol–water partition coefficient (Wildman–Crippen LogP) is 4.08. The predicted molar refractivity (Wildman–Crippen MR) is 84.4 cm³/mol. The van der Waals surface area contributed by atoms with Crippen LogP contribution in [0.5, 0.6) is 0 Å². The Morgan fingerprint density at radius 3 is 2.37 bits per heavy atom. The van der Waals surface area contributed by atoms with Gasteiger partial charge in [0.1, 0.15) is 0 Å². The summed E-state index contributed by atoms with van der Waals surface area (Å²) in [6, 6.07) is 17.7. The van der Waals surface area contributed by atoms with Crippen molar-refractivity contribution < 1.29 is 0 Å². The van der Waals surface area contributed by atoms with E-state index in [4.69, 9.17) is 5.41 Å². The maximum atomic E-state index is 8.14. The highest BCUT2D eigenvalue weighted by atomic mass is 79.9. The number of allylic oxidation sites excluding steroid dienone is 1. The van der Waals surface area contributed by atoms with Crippen LogP contribution in [0.15, 0.2) is 65.1 Å². The standard InChI is InChI=1S/C16H15BrN2/c1-19-16(13-8-5-9-14(17)10-13)11-15(18)12-6-3-2-4-7-12/h2-11,18-19H,1H3/b16-11-,18-15?. The molecule has 2 aromatic rings. The third-order valence-corrected chi connectivity index (χ3v) is 3.27. The summed E-state index contributed by atoms with van der Waals surface area (Å²) in [5.41, 5.74) is 3.38. The monoisotopic (exact) mass is 314 g/mol. The molecule has 2 nitrogen and oxygen atoms in total. The average molecular weight is 315 g/mol. The Morgan fingerprint density at radius 1 is 1.05 bits per heavy atom. The zero-order chi connectivity index (χ0) is 13.7. The van der Waals surface area contributed by atoms with Gasteiger partial charge in [-0.25, -0.2) is 0 Å². The minimum atomic E-state index is 0.491. The van der Waals surface area contributed by atoms with Crippen LogP contribution in [0.3, 0.4) is 0 Å². The maximum Gasteiger partial charge on any atom is 0.0632 e. The van der Waals surface area contributed by atoms with Gasteiger partial charge in [-0.2, -0.15) is 0 Å². The van der Waals surface area contributed by atoms with E-state index >= 15 is 0 Å². The van der Waals surface area contributed by atoms with Crippen molar-refractivity contribution in [2.75, 3.05) is 7.05 Å². The van der Waals surface area contributed by atoms with E-state index in [0.29, 0.717) is 5.71 Å². The Hall–Kier alpha value is -1.87. The fourth-order valence-corrected chi connectivity index (χ4v) is 2.20. The third kappa shape index (κ3) is 3.55. The number of rotatable bonds is 4. The highest BCUT2D eigenvalue weighted by Crippen LogP contribution is 2.18. The van der Waals surface area contributed by atoms with E-state index in [1.807, 2.05) is 67.7 Å². The smallest absolute Gasteiger partial charge is 0.0632 e. The number of hydrogen-bond donors (Lipinski definition) is 2. The van der Waals surface area contributed by atoms with Crippen molar-refractivity contribution in [3.8, 4) is 0 Å². The van der Waals surface area contributed by atoms with Crippen LogP contribution >= 0.6 is 15.9 Å². The first-order valence-corrected chi connectivity index (χ1v) is 6.79. The Bertz CT molecular complexity index is 603. The summed E-state index contributed by atoms with van der Waals surface area (Å²) in [5.74, 6) is 0. The lowest BCUT2D eigenvalue weighted by atomic mass is 10.1.